The zero-order valence-corrected chi connectivity index (χ0v) is 18.4. The van der Waals surface area contributed by atoms with Gasteiger partial charge in [-0.15, -0.1) is 0 Å². The van der Waals surface area contributed by atoms with E-state index in [-0.39, 0.29) is 11.2 Å². The molecule has 0 aliphatic rings. The van der Waals surface area contributed by atoms with Gasteiger partial charge in [-0.05, 0) is 34.0 Å². The van der Waals surface area contributed by atoms with Crippen LogP contribution >= 0.6 is 11.6 Å². The number of imidazole rings is 1. The number of rotatable bonds is 5. The minimum Gasteiger partial charge on any atom is -0.298 e. The molecule has 0 aliphatic heterocycles. The van der Waals surface area contributed by atoms with Crippen molar-refractivity contribution in [1.82, 2.24) is 19.1 Å². The van der Waals surface area contributed by atoms with Crippen LogP contribution in [0.2, 0.25) is 5.02 Å². The summed E-state index contributed by atoms with van der Waals surface area (Å²) in [5.74, 6) is 0.342. The SMILES string of the molecule is Cn1c(=O)[nH]c(=O)c2c1nc(N/N=C\c1ccc(Cl)cc1)n2Cc1cccc2ccccc12. The van der Waals surface area contributed by atoms with Gasteiger partial charge < -0.3 is 0 Å². The number of nitrogens with zero attached hydrogens (tertiary/aromatic N) is 4. The van der Waals surface area contributed by atoms with Gasteiger partial charge in [-0.2, -0.15) is 10.1 Å². The van der Waals surface area contributed by atoms with Gasteiger partial charge in [0, 0.05) is 12.1 Å². The number of hydrazone groups is 1. The molecular formula is C24H19ClN6O2. The third-order valence-corrected chi connectivity index (χ3v) is 5.72. The minimum absolute atomic E-state index is 0.271. The Morgan fingerprint density at radius 3 is 2.64 bits per heavy atom. The Morgan fingerprint density at radius 1 is 1.06 bits per heavy atom. The third kappa shape index (κ3) is 3.92. The number of H-pyrrole nitrogens is 1. The summed E-state index contributed by atoms with van der Waals surface area (Å²) in [5.41, 5.74) is 4.30. The van der Waals surface area contributed by atoms with Crippen molar-refractivity contribution in [2.75, 3.05) is 5.43 Å². The topological polar surface area (TPSA) is 97.1 Å². The van der Waals surface area contributed by atoms with Crippen LogP contribution < -0.4 is 16.7 Å². The largest absolute Gasteiger partial charge is 0.329 e. The van der Waals surface area contributed by atoms with Crippen LogP contribution in [0.4, 0.5) is 5.95 Å². The molecule has 164 valence electrons. The number of benzene rings is 3. The van der Waals surface area contributed by atoms with E-state index in [9.17, 15) is 9.59 Å². The van der Waals surface area contributed by atoms with Crippen molar-refractivity contribution in [3.05, 3.63) is 104 Å². The van der Waals surface area contributed by atoms with Gasteiger partial charge in [0.2, 0.25) is 5.95 Å². The lowest BCUT2D eigenvalue weighted by atomic mass is 10.0. The molecular weight excluding hydrogens is 440 g/mol. The van der Waals surface area contributed by atoms with Crippen LogP contribution in [0.1, 0.15) is 11.1 Å². The van der Waals surface area contributed by atoms with E-state index in [4.69, 9.17) is 11.6 Å². The summed E-state index contributed by atoms with van der Waals surface area (Å²) in [7, 11) is 1.57. The molecule has 0 radical (unpaired) electrons. The van der Waals surface area contributed by atoms with Crippen LogP contribution in [0.5, 0.6) is 0 Å². The van der Waals surface area contributed by atoms with Crippen LogP contribution in [0, 0.1) is 0 Å². The summed E-state index contributed by atoms with van der Waals surface area (Å²) in [6, 6.07) is 21.3. The van der Waals surface area contributed by atoms with Gasteiger partial charge in [-0.3, -0.25) is 18.9 Å². The van der Waals surface area contributed by atoms with Crippen LogP contribution in [0.25, 0.3) is 21.9 Å². The van der Waals surface area contributed by atoms with E-state index in [1.807, 2.05) is 54.6 Å². The zero-order chi connectivity index (χ0) is 22.9. The molecule has 8 nitrogen and oxygen atoms in total. The van der Waals surface area contributed by atoms with Crippen molar-refractivity contribution in [2.45, 2.75) is 6.54 Å². The number of aryl methyl sites for hydroxylation is 1. The molecule has 0 spiro atoms. The minimum atomic E-state index is -0.529. The molecule has 33 heavy (non-hydrogen) atoms. The molecule has 0 bridgehead atoms. The predicted octanol–water partition coefficient (Wildman–Crippen LogP) is 3.72. The Bertz CT molecular complexity index is 1620. The van der Waals surface area contributed by atoms with Crippen molar-refractivity contribution in [1.29, 1.82) is 0 Å². The van der Waals surface area contributed by atoms with Crippen molar-refractivity contribution < 1.29 is 0 Å². The fourth-order valence-corrected chi connectivity index (χ4v) is 3.91. The highest BCUT2D eigenvalue weighted by Gasteiger charge is 2.18. The molecule has 5 rings (SSSR count). The molecule has 0 aliphatic carbocycles. The number of aromatic nitrogens is 4. The van der Waals surface area contributed by atoms with E-state index in [0.29, 0.717) is 17.5 Å². The highest BCUT2D eigenvalue weighted by atomic mass is 35.5. The zero-order valence-electron chi connectivity index (χ0n) is 17.6. The van der Waals surface area contributed by atoms with Gasteiger partial charge in [0.1, 0.15) is 0 Å². The Balaban J connectivity index is 1.62. The second-order valence-corrected chi connectivity index (χ2v) is 8.01. The molecule has 0 saturated carbocycles. The summed E-state index contributed by atoms with van der Waals surface area (Å²) in [6.45, 7) is 0.359. The number of nitrogens with one attached hydrogen (secondary N) is 2. The van der Waals surface area contributed by atoms with Crippen LogP contribution in [0.15, 0.2) is 81.4 Å². The van der Waals surface area contributed by atoms with E-state index in [1.165, 1.54) is 4.57 Å². The van der Waals surface area contributed by atoms with Gasteiger partial charge in [-0.25, -0.2) is 10.2 Å². The molecule has 0 amide bonds. The van der Waals surface area contributed by atoms with Gasteiger partial charge in [0.05, 0.1) is 12.8 Å². The highest BCUT2D eigenvalue weighted by Crippen LogP contribution is 2.23. The van der Waals surface area contributed by atoms with Gasteiger partial charge in [0.15, 0.2) is 11.2 Å². The quantitative estimate of drug-likeness (QED) is 0.310. The van der Waals surface area contributed by atoms with Gasteiger partial charge in [-0.1, -0.05) is 66.2 Å². The average Bonchev–Trinajstić information content (AvgIpc) is 3.18. The standard InChI is InChI=1S/C24H19ClN6O2/c1-30-21-20(22(32)28-24(30)33)31(14-17-7-4-6-16-5-2-3-8-19(16)17)23(27-21)29-26-13-15-9-11-18(25)12-10-15/h2-13H,14H2,1H3,(H,27,29)(H,28,32,33)/b26-13-. The lowest BCUT2D eigenvalue weighted by Crippen LogP contribution is -2.29. The first kappa shape index (κ1) is 20.7. The lowest BCUT2D eigenvalue weighted by molar-refractivity contribution is 0.811. The van der Waals surface area contributed by atoms with Crippen molar-refractivity contribution >= 4 is 45.7 Å². The van der Waals surface area contributed by atoms with Gasteiger partial charge >= 0.3 is 5.69 Å². The second kappa shape index (κ2) is 8.40. The first-order valence-corrected chi connectivity index (χ1v) is 10.6. The first-order valence-electron chi connectivity index (χ1n) is 10.2. The second-order valence-electron chi connectivity index (χ2n) is 7.57. The van der Waals surface area contributed by atoms with Crippen molar-refractivity contribution in [3.63, 3.8) is 0 Å². The van der Waals surface area contributed by atoms with E-state index in [1.54, 1.807) is 30.0 Å². The predicted molar refractivity (Wildman–Crippen MR) is 131 cm³/mol. The third-order valence-electron chi connectivity index (χ3n) is 5.46. The first-order chi connectivity index (χ1) is 16.0. The monoisotopic (exact) mass is 458 g/mol. The van der Waals surface area contributed by atoms with E-state index < -0.39 is 11.2 Å². The Labute approximate surface area is 192 Å². The van der Waals surface area contributed by atoms with E-state index >= 15 is 0 Å². The summed E-state index contributed by atoms with van der Waals surface area (Å²) >= 11 is 5.93. The summed E-state index contributed by atoms with van der Waals surface area (Å²) in [6.07, 6.45) is 1.63. The molecule has 2 heterocycles. The highest BCUT2D eigenvalue weighted by molar-refractivity contribution is 6.30. The van der Waals surface area contributed by atoms with E-state index in [0.717, 1.165) is 21.9 Å². The van der Waals surface area contributed by atoms with Crippen molar-refractivity contribution in [2.24, 2.45) is 12.1 Å². The van der Waals surface area contributed by atoms with Gasteiger partial charge in [0.25, 0.3) is 5.56 Å². The molecule has 2 aromatic heterocycles. The maximum atomic E-state index is 12.8. The Kier molecular flexibility index (Phi) is 5.27. The molecule has 0 unspecified atom stereocenters. The smallest absolute Gasteiger partial charge is 0.298 e. The van der Waals surface area contributed by atoms with Crippen molar-refractivity contribution in [3.8, 4) is 0 Å². The van der Waals surface area contributed by atoms with Crippen LogP contribution in [-0.2, 0) is 13.6 Å². The average molecular weight is 459 g/mol. The maximum Gasteiger partial charge on any atom is 0.329 e. The Morgan fingerprint density at radius 2 is 1.82 bits per heavy atom. The van der Waals surface area contributed by atoms with E-state index in [2.05, 4.69) is 20.5 Å². The van der Waals surface area contributed by atoms with Crippen LogP contribution in [0.3, 0.4) is 0 Å². The Hall–Kier alpha value is -4.17. The lowest BCUT2D eigenvalue weighted by Gasteiger charge is -2.11. The number of fused-ring (bicyclic) bond motifs is 2. The molecule has 9 heteroatoms. The van der Waals surface area contributed by atoms with Crippen LogP contribution in [-0.4, -0.2) is 25.3 Å². The normalized spacial score (nSPS) is 11.6. The molecule has 0 fully saturated rings. The number of halogens is 1. The maximum absolute atomic E-state index is 12.8. The molecule has 0 atom stereocenters. The molecule has 5 aromatic rings. The molecule has 3 aromatic carbocycles. The summed E-state index contributed by atoms with van der Waals surface area (Å²) in [5, 5.41) is 7.08. The summed E-state index contributed by atoms with van der Waals surface area (Å²) in [4.78, 5) is 31.8. The number of hydrogen-bond acceptors (Lipinski definition) is 5. The fourth-order valence-electron chi connectivity index (χ4n) is 3.79. The molecule has 0 saturated heterocycles. The molecule has 2 N–H and O–H groups in total. The number of hydrogen-bond donors (Lipinski definition) is 2. The summed E-state index contributed by atoms with van der Waals surface area (Å²) < 4.78 is 3.04. The number of aromatic amines is 1. The number of anilines is 1. The fraction of sp³-hybridized carbons (Fsp3) is 0.0833.